The van der Waals surface area contributed by atoms with Gasteiger partial charge in [-0.2, -0.15) is 0 Å². The number of rotatable bonds is 54. The molecule has 0 aromatic heterocycles. The molecule has 0 saturated carbocycles. The summed E-state index contributed by atoms with van der Waals surface area (Å²) in [4.78, 5) is 38.2. The van der Waals surface area contributed by atoms with Gasteiger partial charge in [0.15, 0.2) is 6.10 Å². The number of esters is 3. The lowest BCUT2D eigenvalue weighted by atomic mass is 10.1. The van der Waals surface area contributed by atoms with Gasteiger partial charge in [-0.05, 0) is 154 Å². The van der Waals surface area contributed by atoms with E-state index in [0.717, 1.165) is 167 Å². The standard InChI is InChI=1S/C73H112O6/c1-4-7-10-13-16-19-22-24-26-28-30-32-33-34-35-36-37-38-39-41-42-44-46-48-51-54-57-60-63-66-72(75)78-69-70(68-77-71(74)65-62-59-56-53-50-21-18-15-12-9-6-3)79-73(76)67-64-61-58-55-52-49-47-45-43-40-31-29-27-25-23-20-17-14-11-8-5-2/h7-8,10-11,15-20,24-27,30-32,34-35,37-38,40-42,45-48,52,55,70H,4-6,9,12-14,21-23,28-29,33,36,39,43-44,49-51,53-54,56-69H2,1-3H3/b10-7-,11-8-,18-15-,19-16-,20-17-,26-24-,27-25-,32-30-,35-34-,38-37-,40-31-,42-41-,47-45-,48-46-,55-52-. The Balaban J connectivity index is 4.46. The summed E-state index contributed by atoms with van der Waals surface area (Å²) in [6.45, 7) is 6.29. The maximum absolute atomic E-state index is 12.9. The Bertz CT molecular complexity index is 1870. The van der Waals surface area contributed by atoms with Crippen LogP contribution in [0.25, 0.3) is 0 Å². The molecule has 0 aliphatic rings. The first kappa shape index (κ1) is 73.5. The Morgan fingerprint density at radius 2 is 0.494 bits per heavy atom. The van der Waals surface area contributed by atoms with Crippen molar-refractivity contribution in [2.45, 2.75) is 245 Å². The van der Waals surface area contributed by atoms with E-state index in [4.69, 9.17) is 14.2 Å². The van der Waals surface area contributed by atoms with E-state index in [1.165, 1.54) is 25.7 Å². The number of carbonyl (C=O) groups excluding carboxylic acids is 3. The first-order valence-corrected chi connectivity index (χ1v) is 31.3. The van der Waals surface area contributed by atoms with E-state index in [2.05, 4.69) is 203 Å². The molecular weight excluding hydrogens is 973 g/mol. The van der Waals surface area contributed by atoms with Gasteiger partial charge in [0.1, 0.15) is 13.2 Å². The van der Waals surface area contributed by atoms with Crippen molar-refractivity contribution in [1.82, 2.24) is 0 Å². The highest BCUT2D eigenvalue weighted by Crippen LogP contribution is 2.12. The molecule has 0 spiro atoms. The lowest BCUT2D eigenvalue weighted by Crippen LogP contribution is -2.30. The molecule has 0 aromatic carbocycles. The molecule has 1 unspecified atom stereocenters. The number of ether oxygens (including phenoxy) is 3. The summed E-state index contributed by atoms with van der Waals surface area (Å²) in [5.41, 5.74) is 0. The van der Waals surface area contributed by atoms with Gasteiger partial charge in [-0.15, -0.1) is 0 Å². The second-order valence-electron chi connectivity index (χ2n) is 19.8. The van der Waals surface area contributed by atoms with Crippen LogP contribution >= 0.6 is 0 Å². The third-order valence-corrected chi connectivity index (χ3v) is 12.4. The zero-order valence-corrected chi connectivity index (χ0v) is 50.3. The Morgan fingerprint density at radius 1 is 0.266 bits per heavy atom. The van der Waals surface area contributed by atoms with Crippen LogP contribution in [0.15, 0.2) is 182 Å². The van der Waals surface area contributed by atoms with E-state index >= 15 is 0 Å². The van der Waals surface area contributed by atoms with Crippen LogP contribution in [0.4, 0.5) is 0 Å². The van der Waals surface area contributed by atoms with E-state index in [0.29, 0.717) is 19.3 Å². The van der Waals surface area contributed by atoms with Gasteiger partial charge in [0, 0.05) is 19.3 Å². The van der Waals surface area contributed by atoms with Gasteiger partial charge < -0.3 is 14.2 Å². The third kappa shape index (κ3) is 63.2. The fourth-order valence-electron chi connectivity index (χ4n) is 7.73. The van der Waals surface area contributed by atoms with Gasteiger partial charge in [-0.1, -0.05) is 248 Å². The van der Waals surface area contributed by atoms with Crippen LogP contribution in [0.3, 0.4) is 0 Å². The molecule has 440 valence electrons. The zero-order chi connectivity index (χ0) is 57.1. The summed E-state index contributed by atoms with van der Waals surface area (Å²) in [6, 6.07) is 0. The molecule has 0 fully saturated rings. The zero-order valence-electron chi connectivity index (χ0n) is 50.3. The minimum absolute atomic E-state index is 0.118. The van der Waals surface area contributed by atoms with Crippen LogP contribution in [0.2, 0.25) is 0 Å². The minimum atomic E-state index is -0.826. The summed E-state index contributed by atoms with van der Waals surface area (Å²) < 4.78 is 16.8. The molecule has 6 nitrogen and oxygen atoms in total. The predicted octanol–water partition coefficient (Wildman–Crippen LogP) is 21.7. The van der Waals surface area contributed by atoms with Crippen molar-refractivity contribution >= 4 is 17.9 Å². The van der Waals surface area contributed by atoms with Gasteiger partial charge in [0.05, 0.1) is 0 Å². The summed E-state index contributed by atoms with van der Waals surface area (Å²) in [5.74, 6) is -1.01. The molecule has 0 rings (SSSR count). The van der Waals surface area contributed by atoms with Crippen molar-refractivity contribution in [1.29, 1.82) is 0 Å². The molecule has 0 aliphatic carbocycles. The molecular formula is C73H112O6. The van der Waals surface area contributed by atoms with Crippen LogP contribution in [0.5, 0.6) is 0 Å². The molecule has 0 radical (unpaired) electrons. The van der Waals surface area contributed by atoms with Crippen LogP contribution < -0.4 is 0 Å². The molecule has 6 heteroatoms. The van der Waals surface area contributed by atoms with Gasteiger partial charge in [0.2, 0.25) is 0 Å². The summed E-state index contributed by atoms with van der Waals surface area (Å²) in [5, 5.41) is 0. The molecule has 0 amide bonds. The van der Waals surface area contributed by atoms with Crippen molar-refractivity contribution in [3.63, 3.8) is 0 Å². The first-order chi connectivity index (χ1) is 39.0. The summed E-state index contributed by atoms with van der Waals surface area (Å²) in [6.07, 6.45) is 97.5. The van der Waals surface area contributed by atoms with E-state index < -0.39 is 6.10 Å². The van der Waals surface area contributed by atoms with Gasteiger partial charge in [0.25, 0.3) is 0 Å². The SMILES string of the molecule is CC/C=C\C/C=C\C/C=C\C/C=C\C/C=C\C/C=C\C/C=C\C/C=C\CCCCCCC(=O)OCC(COC(=O)CCCCCCC/C=C\CCCC)OC(=O)CCCC/C=C\C/C=C\C/C=C\C/C=C\C/C=C\C/C=C\CC. The highest BCUT2D eigenvalue weighted by molar-refractivity contribution is 5.71. The van der Waals surface area contributed by atoms with Crippen molar-refractivity contribution < 1.29 is 28.6 Å². The Morgan fingerprint density at radius 3 is 0.810 bits per heavy atom. The van der Waals surface area contributed by atoms with E-state index in [-0.39, 0.29) is 37.5 Å². The molecule has 0 saturated heterocycles. The number of hydrogen-bond donors (Lipinski definition) is 0. The monoisotopic (exact) mass is 1080 g/mol. The molecule has 0 heterocycles. The topological polar surface area (TPSA) is 78.9 Å². The van der Waals surface area contributed by atoms with E-state index in [9.17, 15) is 14.4 Å². The second-order valence-corrected chi connectivity index (χ2v) is 19.8. The molecule has 0 bridgehead atoms. The lowest BCUT2D eigenvalue weighted by Gasteiger charge is -2.18. The number of unbranched alkanes of at least 4 members (excludes halogenated alkanes) is 13. The largest absolute Gasteiger partial charge is 0.462 e. The quantitative estimate of drug-likeness (QED) is 0.0261. The molecule has 79 heavy (non-hydrogen) atoms. The number of allylic oxidation sites excluding steroid dienone is 30. The third-order valence-electron chi connectivity index (χ3n) is 12.4. The predicted molar refractivity (Wildman–Crippen MR) is 343 cm³/mol. The number of hydrogen-bond acceptors (Lipinski definition) is 6. The average Bonchev–Trinajstić information content (AvgIpc) is 3.45. The van der Waals surface area contributed by atoms with Crippen molar-refractivity contribution in [3.05, 3.63) is 182 Å². The van der Waals surface area contributed by atoms with Crippen LogP contribution in [0, 0.1) is 0 Å². The highest BCUT2D eigenvalue weighted by atomic mass is 16.6. The highest BCUT2D eigenvalue weighted by Gasteiger charge is 2.19. The molecule has 0 aliphatic heterocycles. The summed E-state index contributed by atoms with van der Waals surface area (Å²) in [7, 11) is 0. The Labute approximate surface area is 484 Å². The van der Waals surface area contributed by atoms with Crippen LogP contribution in [-0.4, -0.2) is 37.2 Å². The fraction of sp³-hybridized carbons (Fsp3) is 0.548. The van der Waals surface area contributed by atoms with Crippen LogP contribution in [0.1, 0.15) is 239 Å². The van der Waals surface area contributed by atoms with E-state index in [1.54, 1.807) is 0 Å². The van der Waals surface area contributed by atoms with Gasteiger partial charge >= 0.3 is 17.9 Å². The maximum Gasteiger partial charge on any atom is 0.306 e. The Hall–Kier alpha value is -5.49. The van der Waals surface area contributed by atoms with Gasteiger partial charge in [-0.25, -0.2) is 0 Å². The lowest BCUT2D eigenvalue weighted by molar-refractivity contribution is -0.167. The summed E-state index contributed by atoms with van der Waals surface area (Å²) >= 11 is 0. The van der Waals surface area contributed by atoms with Crippen LogP contribution in [-0.2, 0) is 28.6 Å². The minimum Gasteiger partial charge on any atom is -0.462 e. The number of carbonyl (C=O) groups is 3. The van der Waals surface area contributed by atoms with Gasteiger partial charge in [-0.3, -0.25) is 14.4 Å². The maximum atomic E-state index is 12.9. The van der Waals surface area contributed by atoms with Crippen molar-refractivity contribution in [2.24, 2.45) is 0 Å². The molecule has 0 N–H and O–H groups in total. The van der Waals surface area contributed by atoms with Crippen molar-refractivity contribution in [2.75, 3.05) is 13.2 Å². The second kappa shape index (κ2) is 65.0. The normalized spacial score (nSPS) is 13.4. The molecule has 0 aromatic rings. The molecule has 1 atom stereocenters. The Kier molecular flexibility index (Phi) is 60.5. The van der Waals surface area contributed by atoms with E-state index in [1.807, 2.05) is 0 Å². The fourth-order valence-corrected chi connectivity index (χ4v) is 7.73. The average molecular weight is 1090 g/mol. The first-order valence-electron chi connectivity index (χ1n) is 31.3. The van der Waals surface area contributed by atoms with Crippen molar-refractivity contribution in [3.8, 4) is 0 Å². The smallest absolute Gasteiger partial charge is 0.306 e.